The second-order valence-electron chi connectivity index (χ2n) is 6.70. The molecule has 1 aliphatic heterocycles. The Hall–Kier alpha value is -1.97. The molecule has 0 spiro atoms. The summed E-state index contributed by atoms with van der Waals surface area (Å²) >= 11 is 0. The quantitative estimate of drug-likeness (QED) is 0.733. The number of nitrogens with one attached hydrogen (secondary N) is 1. The highest BCUT2D eigenvalue weighted by Gasteiger charge is 2.35. The fourth-order valence-corrected chi connectivity index (χ4v) is 2.35. The molecule has 2 heterocycles. The summed E-state index contributed by atoms with van der Waals surface area (Å²) in [6.45, 7) is 6.52. The van der Waals surface area contributed by atoms with Gasteiger partial charge in [0.2, 0.25) is 0 Å². The number of amides is 1. The molecule has 134 valence electrons. The number of carbonyl (C=O) groups is 1. The first-order chi connectivity index (χ1) is 11.1. The van der Waals surface area contributed by atoms with Crippen molar-refractivity contribution in [3.63, 3.8) is 0 Å². The predicted octanol–water partition coefficient (Wildman–Crippen LogP) is 0.539. The van der Waals surface area contributed by atoms with Gasteiger partial charge in [-0.3, -0.25) is 9.88 Å². The molecule has 0 unspecified atom stereocenters. The molecular formula is C15H23N3O6. The van der Waals surface area contributed by atoms with Gasteiger partial charge in [0.05, 0.1) is 12.7 Å². The summed E-state index contributed by atoms with van der Waals surface area (Å²) in [6.07, 6.45) is -1.35. The Kier molecular flexibility index (Phi) is 5.26. The smallest absolute Gasteiger partial charge is 0.413 e. The van der Waals surface area contributed by atoms with Gasteiger partial charge in [-0.05, 0) is 27.7 Å². The Morgan fingerprint density at radius 3 is 2.75 bits per heavy atom. The minimum absolute atomic E-state index is 0.0998. The van der Waals surface area contributed by atoms with Gasteiger partial charge in [0.15, 0.2) is 0 Å². The maximum atomic E-state index is 12.2. The van der Waals surface area contributed by atoms with E-state index in [1.165, 1.54) is 10.8 Å². The van der Waals surface area contributed by atoms with Crippen molar-refractivity contribution in [3.05, 3.63) is 22.2 Å². The van der Waals surface area contributed by atoms with E-state index in [-0.39, 0.29) is 18.8 Å². The summed E-state index contributed by atoms with van der Waals surface area (Å²) < 4.78 is 11.8. The number of aliphatic hydroxyl groups is 2. The number of nitrogens with zero attached hydrogens (tertiary/aromatic N) is 2. The molecule has 24 heavy (non-hydrogen) atoms. The number of aryl methyl sites for hydroxylation is 1. The van der Waals surface area contributed by atoms with Crippen LogP contribution in [0.4, 0.5) is 10.6 Å². The maximum Gasteiger partial charge on any atom is 0.413 e. The van der Waals surface area contributed by atoms with Crippen LogP contribution in [0.1, 0.15) is 39.0 Å². The van der Waals surface area contributed by atoms with E-state index < -0.39 is 35.8 Å². The Balaban J connectivity index is 2.17. The summed E-state index contributed by atoms with van der Waals surface area (Å²) in [6, 6.07) is 0. The number of aliphatic hydroxyl groups excluding tert-OH is 2. The van der Waals surface area contributed by atoms with Gasteiger partial charge in [-0.2, -0.15) is 4.98 Å². The van der Waals surface area contributed by atoms with Gasteiger partial charge in [0, 0.05) is 18.2 Å². The molecule has 0 bridgehead atoms. The van der Waals surface area contributed by atoms with E-state index in [0.29, 0.717) is 5.56 Å². The highest BCUT2D eigenvalue weighted by atomic mass is 16.6. The molecule has 3 atom stereocenters. The summed E-state index contributed by atoms with van der Waals surface area (Å²) in [7, 11) is 0. The van der Waals surface area contributed by atoms with Crippen molar-refractivity contribution in [1.29, 1.82) is 0 Å². The number of hydrogen-bond donors (Lipinski definition) is 3. The highest BCUT2D eigenvalue weighted by molar-refractivity contribution is 5.84. The third-order valence-electron chi connectivity index (χ3n) is 3.45. The molecule has 1 saturated heterocycles. The molecule has 9 nitrogen and oxygen atoms in total. The van der Waals surface area contributed by atoms with Gasteiger partial charge in [-0.25, -0.2) is 9.59 Å². The van der Waals surface area contributed by atoms with Gasteiger partial charge in [0.1, 0.15) is 23.8 Å². The van der Waals surface area contributed by atoms with Crippen molar-refractivity contribution in [2.45, 2.75) is 58.2 Å². The lowest BCUT2D eigenvalue weighted by atomic mass is 10.2. The second-order valence-corrected chi connectivity index (χ2v) is 6.70. The van der Waals surface area contributed by atoms with Crippen LogP contribution in [0, 0.1) is 6.92 Å². The fraction of sp³-hybridized carbons (Fsp3) is 0.667. The van der Waals surface area contributed by atoms with E-state index in [1.807, 2.05) is 0 Å². The standard InChI is InChI=1S/C15H23N3O6/c1-8-6-18(11-5-9(20)10(7-19)23-11)13(21)16-12(8)17-14(22)24-15(2,3)4/h6,9-11,19-20H,5,7H2,1-4H3,(H,16,17,21,22)/t9-,10+,11+/m0/s1. The van der Waals surface area contributed by atoms with Crippen LogP contribution in [0.5, 0.6) is 0 Å². The first-order valence-corrected chi connectivity index (χ1v) is 7.65. The number of hydrogen-bond acceptors (Lipinski definition) is 7. The van der Waals surface area contributed by atoms with Crippen LogP contribution >= 0.6 is 0 Å². The summed E-state index contributed by atoms with van der Waals surface area (Å²) in [5.74, 6) is 0.0998. The average Bonchev–Trinajstić information content (AvgIpc) is 2.81. The zero-order valence-electron chi connectivity index (χ0n) is 14.1. The van der Waals surface area contributed by atoms with Crippen molar-refractivity contribution in [2.24, 2.45) is 0 Å². The topological polar surface area (TPSA) is 123 Å². The molecule has 1 aliphatic rings. The Morgan fingerprint density at radius 1 is 1.54 bits per heavy atom. The molecule has 0 radical (unpaired) electrons. The number of carbonyl (C=O) groups excluding carboxylic acids is 1. The van der Waals surface area contributed by atoms with Crippen LogP contribution in [-0.4, -0.2) is 50.3 Å². The SMILES string of the molecule is Cc1cn([C@H]2C[C@H](O)[C@@H](CO)O2)c(=O)nc1NC(=O)OC(C)(C)C. The minimum Gasteiger partial charge on any atom is -0.444 e. The first-order valence-electron chi connectivity index (χ1n) is 7.65. The summed E-state index contributed by atoms with van der Waals surface area (Å²) in [4.78, 5) is 27.8. The van der Waals surface area contributed by atoms with Crippen molar-refractivity contribution in [1.82, 2.24) is 9.55 Å². The fourth-order valence-electron chi connectivity index (χ4n) is 2.35. The Labute approximate surface area is 139 Å². The lowest BCUT2D eigenvalue weighted by molar-refractivity contribution is -0.0459. The molecule has 1 fully saturated rings. The number of anilines is 1. The van der Waals surface area contributed by atoms with Crippen molar-refractivity contribution in [2.75, 3.05) is 11.9 Å². The molecule has 0 aliphatic carbocycles. The van der Waals surface area contributed by atoms with E-state index in [2.05, 4.69) is 10.3 Å². The summed E-state index contributed by atoms with van der Waals surface area (Å²) in [5.41, 5.74) is -0.770. The van der Waals surface area contributed by atoms with E-state index in [1.54, 1.807) is 27.7 Å². The van der Waals surface area contributed by atoms with Crippen molar-refractivity contribution in [3.8, 4) is 0 Å². The molecule has 0 saturated carbocycles. The highest BCUT2D eigenvalue weighted by Crippen LogP contribution is 2.27. The van der Waals surface area contributed by atoms with Crippen molar-refractivity contribution >= 4 is 11.9 Å². The van der Waals surface area contributed by atoms with E-state index in [4.69, 9.17) is 14.6 Å². The third kappa shape index (κ3) is 4.31. The summed E-state index contributed by atoms with van der Waals surface area (Å²) in [5, 5.41) is 21.3. The molecule has 3 N–H and O–H groups in total. The lowest BCUT2D eigenvalue weighted by Gasteiger charge is -2.20. The van der Waals surface area contributed by atoms with Crippen LogP contribution in [0.3, 0.4) is 0 Å². The van der Waals surface area contributed by atoms with Crippen LogP contribution in [0.25, 0.3) is 0 Å². The second kappa shape index (κ2) is 6.88. The van der Waals surface area contributed by atoms with Gasteiger partial charge < -0.3 is 19.7 Å². The predicted molar refractivity (Wildman–Crippen MR) is 84.7 cm³/mol. The monoisotopic (exact) mass is 341 g/mol. The van der Waals surface area contributed by atoms with E-state index >= 15 is 0 Å². The molecule has 0 aromatic carbocycles. The van der Waals surface area contributed by atoms with Gasteiger partial charge in [-0.1, -0.05) is 0 Å². The van der Waals surface area contributed by atoms with Crippen molar-refractivity contribution < 1.29 is 24.5 Å². The average molecular weight is 341 g/mol. The van der Waals surface area contributed by atoms with Gasteiger partial charge >= 0.3 is 11.8 Å². The molecule has 2 rings (SSSR count). The molecular weight excluding hydrogens is 318 g/mol. The largest absolute Gasteiger partial charge is 0.444 e. The number of rotatable bonds is 3. The molecule has 1 amide bonds. The number of ether oxygens (including phenoxy) is 2. The lowest BCUT2D eigenvalue weighted by Crippen LogP contribution is -2.31. The molecule has 9 heteroatoms. The van der Waals surface area contributed by atoms with Crippen LogP contribution in [0.15, 0.2) is 11.0 Å². The normalized spacial score (nSPS) is 24.0. The van der Waals surface area contributed by atoms with Crippen LogP contribution in [-0.2, 0) is 9.47 Å². The maximum absolute atomic E-state index is 12.2. The van der Waals surface area contributed by atoms with Crippen LogP contribution < -0.4 is 11.0 Å². The minimum atomic E-state index is -0.855. The Morgan fingerprint density at radius 2 is 2.21 bits per heavy atom. The Bertz CT molecular complexity index is 666. The zero-order valence-corrected chi connectivity index (χ0v) is 14.1. The van der Waals surface area contributed by atoms with Gasteiger partial charge in [-0.15, -0.1) is 0 Å². The first kappa shape index (κ1) is 18.4. The van der Waals surface area contributed by atoms with E-state index in [0.717, 1.165) is 0 Å². The number of aromatic nitrogens is 2. The van der Waals surface area contributed by atoms with Gasteiger partial charge in [0.25, 0.3) is 0 Å². The molecule has 1 aromatic heterocycles. The molecule has 1 aromatic rings. The van der Waals surface area contributed by atoms with Crippen LogP contribution in [0.2, 0.25) is 0 Å². The zero-order chi connectivity index (χ0) is 18.1. The third-order valence-corrected chi connectivity index (χ3v) is 3.45. The van der Waals surface area contributed by atoms with E-state index in [9.17, 15) is 14.7 Å².